The summed E-state index contributed by atoms with van der Waals surface area (Å²) in [6, 6.07) is 13.5. The summed E-state index contributed by atoms with van der Waals surface area (Å²) in [6.45, 7) is 3.77. The van der Waals surface area contributed by atoms with Gasteiger partial charge in [0.05, 0.1) is 25.5 Å². The van der Waals surface area contributed by atoms with Gasteiger partial charge in [0.15, 0.2) is 11.6 Å². The van der Waals surface area contributed by atoms with Gasteiger partial charge in [-0.3, -0.25) is 9.69 Å². The molecule has 0 aliphatic carbocycles. The number of ether oxygens (including phenoxy) is 1. The maximum atomic E-state index is 12.6. The molecule has 9 nitrogen and oxygen atoms in total. The third-order valence-corrected chi connectivity index (χ3v) is 5.13. The van der Waals surface area contributed by atoms with Crippen LogP contribution in [-0.2, 0) is 11.3 Å². The lowest BCUT2D eigenvalue weighted by molar-refractivity contribution is 0.0558. The van der Waals surface area contributed by atoms with Crippen molar-refractivity contribution in [2.24, 2.45) is 0 Å². The fourth-order valence-electron chi connectivity index (χ4n) is 3.64. The lowest BCUT2D eigenvalue weighted by Gasteiger charge is -2.38. The largest absolute Gasteiger partial charge is 0.459 e. The second-order valence-electron chi connectivity index (χ2n) is 6.87. The molecule has 1 amide bonds. The fraction of sp³-hybridized carbons (Fsp3) is 0.400. The van der Waals surface area contributed by atoms with E-state index >= 15 is 0 Å². The first kappa shape index (κ1) is 21.9. The molecule has 4 rings (SSSR count). The van der Waals surface area contributed by atoms with E-state index in [1.807, 2.05) is 23.1 Å². The van der Waals surface area contributed by atoms with Crippen molar-refractivity contribution in [1.82, 2.24) is 30.0 Å². The summed E-state index contributed by atoms with van der Waals surface area (Å²) in [4.78, 5) is 16.7. The van der Waals surface area contributed by atoms with Crippen LogP contribution in [0.1, 0.15) is 28.0 Å². The highest BCUT2D eigenvalue weighted by Crippen LogP contribution is 2.28. The summed E-state index contributed by atoms with van der Waals surface area (Å²) in [5, 5.41) is 12.4. The van der Waals surface area contributed by atoms with E-state index < -0.39 is 0 Å². The molecule has 3 heterocycles. The van der Waals surface area contributed by atoms with E-state index in [1.54, 1.807) is 23.9 Å². The van der Waals surface area contributed by atoms with Gasteiger partial charge in [0, 0.05) is 33.3 Å². The SMILES string of the molecule is COCCn1nnnc1C(c1ccccc1)N1CCN(C(=O)c2ccco2)CC1.Cl. The standard InChI is InChI=1S/C20H24N6O3.ClH/c1-28-15-13-26-19(21-22-23-26)18(16-6-3-2-4-7-16)24-9-11-25(12-10-24)20(27)17-8-5-14-29-17;/h2-8,14,18H,9-13,15H2,1H3;1H. The molecular weight excluding hydrogens is 408 g/mol. The minimum atomic E-state index is -0.0936. The number of carbonyl (C=O) groups excluding carboxylic acids is 1. The highest BCUT2D eigenvalue weighted by molar-refractivity contribution is 5.91. The summed E-state index contributed by atoms with van der Waals surface area (Å²) in [5.41, 5.74) is 1.12. The number of piperazine rings is 1. The number of aromatic nitrogens is 4. The van der Waals surface area contributed by atoms with Crippen molar-refractivity contribution in [2.45, 2.75) is 12.6 Å². The number of benzene rings is 1. The Kier molecular flexibility index (Phi) is 7.56. The van der Waals surface area contributed by atoms with Crippen molar-refractivity contribution in [3.05, 3.63) is 65.9 Å². The predicted octanol–water partition coefficient (Wildman–Crippen LogP) is 1.88. The van der Waals surface area contributed by atoms with Crippen LogP contribution >= 0.6 is 12.4 Å². The Morgan fingerprint density at radius 3 is 2.57 bits per heavy atom. The Morgan fingerprint density at radius 2 is 1.90 bits per heavy atom. The van der Waals surface area contributed by atoms with Gasteiger partial charge in [0.1, 0.15) is 0 Å². The number of rotatable bonds is 7. The smallest absolute Gasteiger partial charge is 0.289 e. The van der Waals surface area contributed by atoms with Gasteiger partial charge < -0.3 is 14.1 Å². The molecule has 1 aliphatic rings. The van der Waals surface area contributed by atoms with Gasteiger partial charge in [-0.05, 0) is 28.1 Å². The molecule has 1 atom stereocenters. The average molecular weight is 433 g/mol. The van der Waals surface area contributed by atoms with Crippen LogP contribution in [0, 0.1) is 0 Å². The van der Waals surface area contributed by atoms with Gasteiger partial charge in [-0.1, -0.05) is 30.3 Å². The third-order valence-electron chi connectivity index (χ3n) is 5.13. The molecule has 0 saturated carbocycles. The molecule has 0 N–H and O–H groups in total. The molecule has 1 fully saturated rings. The van der Waals surface area contributed by atoms with E-state index in [9.17, 15) is 4.79 Å². The quantitative estimate of drug-likeness (QED) is 0.563. The highest BCUT2D eigenvalue weighted by Gasteiger charge is 2.32. The van der Waals surface area contributed by atoms with Crippen molar-refractivity contribution in [1.29, 1.82) is 0 Å². The normalized spacial score (nSPS) is 15.6. The monoisotopic (exact) mass is 432 g/mol. The van der Waals surface area contributed by atoms with Crippen LogP contribution in [0.15, 0.2) is 53.1 Å². The Labute approximate surface area is 181 Å². The average Bonchev–Trinajstić information content (AvgIpc) is 3.46. The molecular formula is C20H25ClN6O3. The number of tetrazole rings is 1. The Bertz CT molecular complexity index is 910. The van der Waals surface area contributed by atoms with Crippen LogP contribution in [0.5, 0.6) is 0 Å². The van der Waals surface area contributed by atoms with Gasteiger partial charge >= 0.3 is 0 Å². The van der Waals surface area contributed by atoms with Crippen LogP contribution in [-0.4, -0.2) is 75.8 Å². The number of hydrogen-bond acceptors (Lipinski definition) is 7. The minimum absolute atomic E-state index is 0. The molecule has 1 aromatic carbocycles. The Hall–Kier alpha value is -2.75. The number of amides is 1. The van der Waals surface area contributed by atoms with Crippen LogP contribution in [0.2, 0.25) is 0 Å². The van der Waals surface area contributed by atoms with Crippen LogP contribution in [0.4, 0.5) is 0 Å². The molecule has 0 spiro atoms. The maximum absolute atomic E-state index is 12.6. The van der Waals surface area contributed by atoms with E-state index in [1.165, 1.54) is 6.26 Å². The van der Waals surface area contributed by atoms with Crippen molar-refractivity contribution < 1.29 is 13.9 Å². The highest BCUT2D eigenvalue weighted by atomic mass is 35.5. The summed E-state index contributed by atoms with van der Waals surface area (Å²) in [5.74, 6) is 1.08. The number of halogens is 1. The van der Waals surface area contributed by atoms with E-state index in [4.69, 9.17) is 9.15 Å². The van der Waals surface area contributed by atoms with E-state index in [0.717, 1.165) is 11.4 Å². The minimum Gasteiger partial charge on any atom is -0.459 e. The van der Waals surface area contributed by atoms with E-state index in [2.05, 4.69) is 32.6 Å². The first-order chi connectivity index (χ1) is 14.3. The van der Waals surface area contributed by atoms with Gasteiger partial charge in [-0.15, -0.1) is 17.5 Å². The first-order valence-electron chi connectivity index (χ1n) is 9.64. The second kappa shape index (κ2) is 10.3. The van der Waals surface area contributed by atoms with E-state index in [-0.39, 0.29) is 24.4 Å². The molecule has 30 heavy (non-hydrogen) atoms. The second-order valence-corrected chi connectivity index (χ2v) is 6.87. The number of carbonyl (C=O) groups is 1. The summed E-state index contributed by atoms with van der Waals surface area (Å²) >= 11 is 0. The summed E-state index contributed by atoms with van der Waals surface area (Å²) in [7, 11) is 1.66. The van der Waals surface area contributed by atoms with Gasteiger partial charge in [-0.2, -0.15) is 0 Å². The zero-order valence-electron chi connectivity index (χ0n) is 16.8. The Morgan fingerprint density at radius 1 is 1.13 bits per heavy atom. The predicted molar refractivity (Wildman–Crippen MR) is 111 cm³/mol. The van der Waals surface area contributed by atoms with E-state index in [0.29, 0.717) is 45.1 Å². The molecule has 10 heteroatoms. The molecule has 0 bridgehead atoms. The lowest BCUT2D eigenvalue weighted by Crippen LogP contribution is -2.50. The molecule has 0 radical (unpaired) electrons. The number of furan rings is 1. The Balaban J connectivity index is 0.00000256. The summed E-state index contributed by atoms with van der Waals surface area (Å²) in [6.07, 6.45) is 1.52. The van der Waals surface area contributed by atoms with Gasteiger partial charge in [-0.25, -0.2) is 4.68 Å². The van der Waals surface area contributed by atoms with Crippen molar-refractivity contribution in [3.8, 4) is 0 Å². The lowest BCUT2D eigenvalue weighted by atomic mass is 10.0. The van der Waals surface area contributed by atoms with Gasteiger partial charge in [0.25, 0.3) is 5.91 Å². The molecule has 1 unspecified atom stereocenters. The number of hydrogen-bond donors (Lipinski definition) is 0. The molecule has 1 saturated heterocycles. The van der Waals surface area contributed by atoms with Crippen LogP contribution in [0.3, 0.4) is 0 Å². The zero-order chi connectivity index (χ0) is 20.1. The van der Waals surface area contributed by atoms with Gasteiger partial charge in [0.2, 0.25) is 0 Å². The third kappa shape index (κ3) is 4.69. The summed E-state index contributed by atoms with van der Waals surface area (Å²) < 4.78 is 12.2. The number of nitrogens with zero attached hydrogens (tertiary/aromatic N) is 6. The molecule has 160 valence electrons. The molecule has 1 aliphatic heterocycles. The zero-order valence-corrected chi connectivity index (χ0v) is 17.6. The van der Waals surface area contributed by atoms with Crippen LogP contribution < -0.4 is 0 Å². The molecule has 3 aromatic rings. The van der Waals surface area contributed by atoms with Crippen molar-refractivity contribution >= 4 is 18.3 Å². The molecule has 2 aromatic heterocycles. The van der Waals surface area contributed by atoms with Crippen LogP contribution in [0.25, 0.3) is 0 Å². The van der Waals surface area contributed by atoms with Crippen molar-refractivity contribution in [3.63, 3.8) is 0 Å². The van der Waals surface area contributed by atoms with Crippen molar-refractivity contribution in [2.75, 3.05) is 39.9 Å². The first-order valence-corrected chi connectivity index (χ1v) is 9.64. The maximum Gasteiger partial charge on any atom is 0.289 e. The topological polar surface area (TPSA) is 89.5 Å². The fourth-order valence-corrected chi connectivity index (χ4v) is 3.64. The number of methoxy groups -OCH3 is 1.